The van der Waals surface area contributed by atoms with E-state index in [-0.39, 0.29) is 23.7 Å². The van der Waals surface area contributed by atoms with Gasteiger partial charge in [0.25, 0.3) is 5.56 Å². The molecule has 0 aliphatic carbocycles. The molecule has 41 heavy (non-hydrogen) atoms. The number of methoxy groups -OCH3 is 1. The summed E-state index contributed by atoms with van der Waals surface area (Å²) >= 11 is 1.20. The van der Waals surface area contributed by atoms with Crippen LogP contribution in [0.4, 0.5) is 0 Å². The largest absolute Gasteiger partial charge is 0.496 e. The summed E-state index contributed by atoms with van der Waals surface area (Å²) in [6.45, 7) is 5.71. The highest BCUT2D eigenvalue weighted by atomic mass is 32.1. The molecule has 0 radical (unpaired) electrons. The lowest BCUT2D eigenvalue weighted by atomic mass is 9.95. The van der Waals surface area contributed by atoms with E-state index >= 15 is 0 Å². The maximum absolute atomic E-state index is 13.8. The van der Waals surface area contributed by atoms with Crippen molar-refractivity contribution in [3.8, 4) is 17.1 Å². The fourth-order valence-electron chi connectivity index (χ4n) is 4.68. The van der Waals surface area contributed by atoms with Crippen molar-refractivity contribution >= 4 is 29.4 Å². The summed E-state index contributed by atoms with van der Waals surface area (Å²) in [5, 5.41) is 0. The maximum atomic E-state index is 13.8. The molecule has 0 fully saturated rings. The average molecular weight is 573 g/mol. The summed E-state index contributed by atoms with van der Waals surface area (Å²) in [6.07, 6.45) is 1.66. The van der Waals surface area contributed by atoms with Crippen molar-refractivity contribution in [2.24, 2.45) is 4.99 Å². The Bertz CT molecular complexity index is 1830. The van der Waals surface area contributed by atoms with Crippen molar-refractivity contribution in [1.82, 2.24) is 4.57 Å². The lowest BCUT2D eigenvalue weighted by molar-refractivity contribution is -0.139. The first-order valence-corrected chi connectivity index (χ1v) is 13.9. The van der Waals surface area contributed by atoms with Crippen LogP contribution in [0, 0.1) is 0 Å². The average Bonchev–Trinajstić information content (AvgIpc) is 3.56. The molecule has 1 aliphatic rings. The van der Waals surface area contributed by atoms with Crippen LogP contribution in [0.15, 0.2) is 86.1 Å². The van der Waals surface area contributed by atoms with Crippen LogP contribution < -0.4 is 19.6 Å². The summed E-state index contributed by atoms with van der Waals surface area (Å²) in [4.78, 5) is 43.9. The van der Waals surface area contributed by atoms with E-state index < -0.39 is 12.0 Å². The first kappa shape index (κ1) is 27.9. The zero-order chi connectivity index (χ0) is 29.1. The second-order valence-electron chi connectivity index (χ2n) is 9.04. The summed E-state index contributed by atoms with van der Waals surface area (Å²) in [6, 6.07) is 16.9. The van der Waals surface area contributed by atoms with Gasteiger partial charge in [-0.15, -0.1) is 0 Å². The number of hydrogen-bond acceptors (Lipinski definition) is 9. The molecule has 3 heterocycles. The third-order valence-electron chi connectivity index (χ3n) is 6.53. The number of nitrogens with zero attached hydrogens (tertiary/aromatic N) is 2. The van der Waals surface area contributed by atoms with E-state index in [2.05, 4.69) is 4.99 Å². The maximum Gasteiger partial charge on any atom is 0.338 e. The van der Waals surface area contributed by atoms with Crippen molar-refractivity contribution < 1.29 is 28.2 Å². The molecule has 4 aromatic rings. The molecule has 0 saturated heterocycles. The van der Waals surface area contributed by atoms with E-state index in [4.69, 9.17) is 18.6 Å². The number of thiazole rings is 1. The van der Waals surface area contributed by atoms with E-state index in [0.717, 1.165) is 5.56 Å². The van der Waals surface area contributed by atoms with Crippen LogP contribution in [0.3, 0.4) is 0 Å². The molecule has 2 aromatic carbocycles. The van der Waals surface area contributed by atoms with Gasteiger partial charge in [-0.05, 0) is 51.1 Å². The van der Waals surface area contributed by atoms with Gasteiger partial charge in [0.1, 0.15) is 23.3 Å². The highest BCUT2D eigenvalue weighted by Gasteiger charge is 2.35. The van der Waals surface area contributed by atoms with Gasteiger partial charge >= 0.3 is 11.9 Å². The molecule has 0 saturated carbocycles. The number of para-hydroxylation sites is 1. The molecular weight excluding hydrogens is 544 g/mol. The highest BCUT2D eigenvalue weighted by molar-refractivity contribution is 7.07. The molecule has 0 amide bonds. The molecule has 1 aliphatic heterocycles. The molecule has 210 valence electrons. The van der Waals surface area contributed by atoms with E-state index in [1.165, 1.54) is 15.9 Å². The fourth-order valence-corrected chi connectivity index (χ4v) is 5.70. The summed E-state index contributed by atoms with van der Waals surface area (Å²) in [7, 11) is 1.54. The molecular formula is C31H28N2O7S. The Morgan fingerprint density at radius 3 is 2.41 bits per heavy atom. The first-order valence-electron chi connectivity index (χ1n) is 13.1. The Hall–Kier alpha value is -4.70. The SMILES string of the molecule is CCOC(=O)C1=C(C)N=c2s/c(=C\c3ccc(-c4ccc(C(=O)OCC)cc4)o3)c(=O)n2[C@H]1c1ccccc1OC. The van der Waals surface area contributed by atoms with Gasteiger partial charge in [-0.1, -0.05) is 41.7 Å². The molecule has 5 rings (SSSR count). The number of esters is 2. The van der Waals surface area contributed by atoms with Crippen LogP contribution in [-0.4, -0.2) is 36.8 Å². The molecule has 0 spiro atoms. The molecule has 10 heteroatoms. The van der Waals surface area contributed by atoms with Gasteiger partial charge in [-0.2, -0.15) is 0 Å². The Kier molecular flexibility index (Phi) is 8.02. The minimum absolute atomic E-state index is 0.186. The van der Waals surface area contributed by atoms with Gasteiger partial charge in [0, 0.05) is 17.2 Å². The van der Waals surface area contributed by atoms with E-state index in [1.54, 1.807) is 76.4 Å². The number of ether oxygens (including phenoxy) is 3. The Labute approximate surface area is 239 Å². The van der Waals surface area contributed by atoms with E-state index in [1.807, 2.05) is 18.2 Å². The van der Waals surface area contributed by atoms with Gasteiger partial charge in [0.2, 0.25) is 0 Å². The molecule has 0 bridgehead atoms. The zero-order valence-electron chi connectivity index (χ0n) is 23.0. The monoisotopic (exact) mass is 572 g/mol. The van der Waals surface area contributed by atoms with Gasteiger partial charge in [0.05, 0.1) is 41.7 Å². The number of rotatable bonds is 8. The minimum Gasteiger partial charge on any atom is -0.496 e. The highest BCUT2D eigenvalue weighted by Crippen LogP contribution is 2.35. The second kappa shape index (κ2) is 11.8. The van der Waals surface area contributed by atoms with Gasteiger partial charge in [-0.25, -0.2) is 14.6 Å². The number of aromatic nitrogens is 1. The van der Waals surface area contributed by atoms with Crippen LogP contribution in [0.1, 0.15) is 48.5 Å². The molecule has 9 nitrogen and oxygen atoms in total. The topological polar surface area (TPSA) is 109 Å². The molecule has 0 unspecified atom stereocenters. The number of benzene rings is 2. The number of carbonyl (C=O) groups is 2. The predicted molar refractivity (Wildman–Crippen MR) is 153 cm³/mol. The number of carbonyl (C=O) groups excluding carboxylic acids is 2. The lowest BCUT2D eigenvalue weighted by Crippen LogP contribution is -2.40. The predicted octanol–water partition coefficient (Wildman–Crippen LogP) is 4.24. The second-order valence-corrected chi connectivity index (χ2v) is 10.1. The molecule has 0 N–H and O–H groups in total. The molecule has 1 atom stereocenters. The zero-order valence-corrected chi connectivity index (χ0v) is 23.8. The van der Waals surface area contributed by atoms with Crippen molar-refractivity contribution in [1.29, 1.82) is 0 Å². The van der Waals surface area contributed by atoms with Crippen molar-refractivity contribution in [3.05, 3.63) is 109 Å². The quantitative estimate of drug-likeness (QED) is 0.291. The van der Waals surface area contributed by atoms with Crippen molar-refractivity contribution in [2.45, 2.75) is 26.8 Å². The number of furan rings is 1. The van der Waals surface area contributed by atoms with Crippen LogP contribution in [0.25, 0.3) is 17.4 Å². The van der Waals surface area contributed by atoms with Gasteiger partial charge in [-0.3, -0.25) is 9.36 Å². The van der Waals surface area contributed by atoms with Crippen LogP contribution >= 0.6 is 11.3 Å². The van der Waals surface area contributed by atoms with E-state index in [0.29, 0.717) is 50.0 Å². The number of fused-ring (bicyclic) bond motifs is 1. The van der Waals surface area contributed by atoms with Crippen molar-refractivity contribution in [2.75, 3.05) is 20.3 Å². The lowest BCUT2D eigenvalue weighted by Gasteiger charge is -2.25. The smallest absolute Gasteiger partial charge is 0.338 e. The Balaban J connectivity index is 1.57. The van der Waals surface area contributed by atoms with Gasteiger partial charge in [0.15, 0.2) is 4.80 Å². The Morgan fingerprint density at radius 1 is 1.00 bits per heavy atom. The van der Waals surface area contributed by atoms with Gasteiger partial charge < -0.3 is 18.6 Å². The van der Waals surface area contributed by atoms with Crippen LogP contribution in [-0.2, 0) is 14.3 Å². The summed E-state index contributed by atoms with van der Waals surface area (Å²) < 4.78 is 23.9. The van der Waals surface area contributed by atoms with Crippen LogP contribution in [0.5, 0.6) is 5.75 Å². The standard InChI is InChI=1S/C31H28N2O7S/c1-5-38-29(35)20-13-11-19(12-14-20)23-16-15-21(40-23)17-25-28(34)33-27(22-9-7-8-10-24(22)37-4)26(30(36)39-6-2)18(3)32-31(33)41-25/h7-17,27H,5-6H2,1-4H3/b25-17-/t27-/m0/s1. The Morgan fingerprint density at radius 2 is 1.71 bits per heavy atom. The third-order valence-corrected chi connectivity index (χ3v) is 7.51. The van der Waals surface area contributed by atoms with Crippen molar-refractivity contribution in [3.63, 3.8) is 0 Å². The van der Waals surface area contributed by atoms with E-state index in [9.17, 15) is 14.4 Å². The third kappa shape index (κ3) is 5.38. The minimum atomic E-state index is -0.784. The number of hydrogen-bond donors (Lipinski definition) is 0. The number of allylic oxidation sites excluding steroid dienone is 1. The first-order chi connectivity index (χ1) is 19.9. The molecule has 2 aromatic heterocycles. The summed E-state index contributed by atoms with van der Waals surface area (Å²) in [5.41, 5.74) is 2.29. The summed E-state index contributed by atoms with van der Waals surface area (Å²) in [5.74, 6) is 0.654. The fraction of sp³-hybridized carbons (Fsp3) is 0.226. The van der Waals surface area contributed by atoms with Crippen LogP contribution in [0.2, 0.25) is 0 Å². The normalized spacial score (nSPS) is 14.8.